The van der Waals surface area contributed by atoms with Gasteiger partial charge in [0.25, 0.3) is 0 Å². The van der Waals surface area contributed by atoms with Gasteiger partial charge in [0.2, 0.25) is 0 Å². The standard InChI is InChI=1S/C15H22BrNO3/c1-3-13(17)10-11-9-12(16)6-7-14(11)20-8-4-5-15(18)19-2/h6-7,9,13H,3-5,8,10,17H2,1-2H3. The molecule has 112 valence electrons. The number of rotatable bonds is 8. The van der Waals surface area contributed by atoms with E-state index in [0.29, 0.717) is 19.4 Å². The Hall–Kier alpha value is -1.07. The average Bonchev–Trinajstić information content (AvgIpc) is 2.44. The van der Waals surface area contributed by atoms with E-state index in [-0.39, 0.29) is 12.0 Å². The highest BCUT2D eigenvalue weighted by Gasteiger charge is 2.09. The van der Waals surface area contributed by atoms with Crippen molar-refractivity contribution in [3.8, 4) is 5.75 Å². The number of carbonyl (C=O) groups is 1. The maximum Gasteiger partial charge on any atom is 0.305 e. The van der Waals surface area contributed by atoms with Crippen LogP contribution in [0.4, 0.5) is 0 Å². The third-order valence-electron chi connectivity index (χ3n) is 3.04. The summed E-state index contributed by atoms with van der Waals surface area (Å²) >= 11 is 3.46. The van der Waals surface area contributed by atoms with Crippen LogP contribution in [0.15, 0.2) is 22.7 Å². The van der Waals surface area contributed by atoms with Gasteiger partial charge in [-0.15, -0.1) is 0 Å². The van der Waals surface area contributed by atoms with Gasteiger partial charge in [-0.05, 0) is 43.0 Å². The minimum atomic E-state index is -0.211. The number of methoxy groups -OCH3 is 1. The summed E-state index contributed by atoms with van der Waals surface area (Å²) in [7, 11) is 1.39. The van der Waals surface area contributed by atoms with Crippen LogP contribution in [-0.4, -0.2) is 25.7 Å². The molecule has 5 heteroatoms. The molecule has 0 aliphatic rings. The molecule has 20 heavy (non-hydrogen) atoms. The molecular formula is C15H22BrNO3. The van der Waals surface area contributed by atoms with Crippen molar-refractivity contribution in [2.24, 2.45) is 5.73 Å². The molecule has 0 aliphatic carbocycles. The lowest BCUT2D eigenvalue weighted by Crippen LogP contribution is -2.21. The van der Waals surface area contributed by atoms with Crippen molar-refractivity contribution in [2.75, 3.05) is 13.7 Å². The Morgan fingerprint density at radius 3 is 2.85 bits per heavy atom. The number of carbonyl (C=O) groups excluding carboxylic acids is 1. The summed E-state index contributed by atoms with van der Waals surface area (Å²) in [6.45, 7) is 2.56. The van der Waals surface area contributed by atoms with E-state index in [9.17, 15) is 4.79 Å². The van der Waals surface area contributed by atoms with E-state index in [4.69, 9.17) is 10.5 Å². The second kappa shape index (κ2) is 8.97. The number of esters is 1. The van der Waals surface area contributed by atoms with E-state index in [1.165, 1.54) is 7.11 Å². The van der Waals surface area contributed by atoms with E-state index in [1.54, 1.807) is 0 Å². The first-order chi connectivity index (χ1) is 9.56. The molecule has 1 rings (SSSR count). The fourth-order valence-corrected chi connectivity index (χ4v) is 2.18. The molecule has 1 aromatic rings. The number of nitrogens with two attached hydrogens (primary N) is 1. The first-order valence-corrected chi connectivity index (χ1v) is 7.59. The SMILES string of the molecule is CCC(N)Cc1cc(Br)ccc1OCCCC(=O)OC. The van der Waals surface area contributed by atoms with E-state index >= 15 is 0 Å². The summed E-state index contributed by atoms with van der Waals surface area (Å²) in [6, 6.07) is 6.03. The third kappa shape index (κ3) is 5.92. The van der Waals surface area contributed by atoms with Gasteiger partial charge >= 0.3 is 5.97 Å². The van der Waals surface area contributed by atoms with Crippen molar-refractivity contribution >= 4 is 21.9 Å². The number of hydrogen-bond donors (Lipinski definition) is 1. The Labute approximate surface area is 128 Å². The highest BCUT2D eigenvalue weighted by molar-refractivity contribution is 9.10. The van der Waals surface area contributed by atoms with Gasteiger partial charge in [0.1, 0.15) is 5.75 Å². The Bertz CT molecular complexity index is 437. The van der Waals surface area contributed by atoms with Crippen molar-refractivity contribution in [1.29, 1.82) is 0 Å². The summed E-state index contributed by atoms with van der Waals surface area (Å²) in [6.07, 6.45) is 2.72. The van der Waals surface area contributed by atoms with Gasteiger partial charge in [-0.25, -0.2) is 0 Å². The molecule has 0 saturated carbocycles. The molecule has 0 aliphatic heterocycles. The molecule has 0 fully saturated rings. The summed E-state index contributed by atoms with van der Waals surface area (Å²) in [5, 5.41) is 0. The fraction of sp³-hybridized carbons (Fsp3) is 0.533. The van der Waals surface area contributed by atoms with E-state index in [2.05, 4.69) is 27.6 Å². The van der Waals surface area contributed by atoms with Gasteiger partial charge in [0.05, 0.1) is 13.7 Å². The van der Waals surface area contributed by atoms with Crippen LogP contribution < -0.4 is 10.5 Å². The summed E-state index contributed by atoms with van der Waals surface area (Å²) in [4.78, 5) is 11.0. The van der Waals surface area contributed by atoms with Crippen LogP contribution in [0, 0.1) is 0 Å². The zero-order valence-corrected chi connectivity index (χ0v) is 13.6. The van der Waals surface area contributed by atoms with Crippen molar-refractivity contribution in [3.05, 3.63) is 28.2 Å². The van der Waals surface area contributed by atoms with Gasteiger partial charge in [-0.2, -0.15) is 0 Å². The number of hydrogen-bond acceptors (Lipinski definition) is 4. The third-order valence-corrected chi connectivity index (χ3v) is 3.53. The molecule has 4 nitrogen and oxygen atoms in total. The summed E-state index contributed by atoms with van der Waals surface area (Å²) < 4.78 is 11.4. The smallest absolute Gasteiger partial charge is 0.305 e. The molecule has 0 amide bonds. The number of benzene rings is 1. The van der Waals surface area contributed by atoms with Crippen LogP contribution in [-0.2, 0) is 16.0 Å². The molecule has 0 aromatic heterocycles. The lowest BCUT2D eigenvalue weighted by atomic mass is 10.0. The molecule has 0 heterocycles. The van der Waals surface area contributed by atoms with Crippen LogP contribution in [0.5, 0.6) is 5.75 Å². The topological polar surface area (TPSA) is 61.5 Å². The Kier molecular flexibility index (Phi) is 7.62. The number of ether oxygens (including phenoxy) is 2. The molecule has 0 bridgehead atoms. The quantitative estimate of drug-likeness (QED) is 0.582. The number of halogens is 1. The van der Waals surface area contributed by atoms with Crippen LogP contribution >= 0.6 is 15.9 Å². The zero-order valence-electron chi connectivity index (χ0n) is 12.0. The predicted molar refractivity (Wildman–Crippen MR) is 82.9 cm³/mol. The van der Waals surface area contributed by atoms with Gasteiger partial charge in [-0.1, -0.05) is 22.9 Å². The minimum absolute atomic E-state index is 0.127. The molecule has 0 spiro atoms. The van der Waals surface area contributed by atoms with Crippen LogP contribution in [0.1, 0.15) is 31.7 Å². The van der Waals surface area contributed by atoms with E-state index in [0.717, 1.165) is 28.6 Å². The molecule has 1 unspecified atom stereocenters. The van der Waals surface area contributed by atoms with Crippen molar-refractivity contribution in [2.45, 2.75) is 38.6 Å². The molecule has 1 atom stereocenters. The van der Waals surface area contributed by atoms with E-state index < -0.39 is 0 Å². The maximum atomic E-state index is 11.0. The second-order valence-electron chi connectivity index (χ2n) is 4.65. The average molecular weight is 344 g/mol. The Balaban J connectivity index is 2.57. The molecule has 0 saturated heterocycles. The molecule has 1 aromatic carbocycles. The highest BCUT2D eigenvalue weighted by Crippen LogP contribution is 2.25. The van der Waals surface area contributed by atoms with Crippen molar-refractivity contribution in [1.82, 2.24) is 0 Å². The predicted octanol–water partition coefficient (Wildman–Crippen LogP) is 3.06. The van der Waals surface area contributed by atoms with Crippen molar-refractivity contribution in [3.63, 3.8) is 0 Å². The minimum Gasteiger partial charge on any atom is -0.493 e. The summed E-state index contributed by atoms with van der Waals surface area (Å²) in [5.41, 5.74) is 7.09. The molecule has 2 N–H and O–H groups in total. The largest absolute Gasteiger partial charge is 0.493 e. The first kappa shape index (κ1) is 17.0. The Morgan fingerprint density at radius 2 is 2.20 bits per heavy atom. The first-order valence-electron chi connectivity index (χ1n) is 6.80. The zero-order chi connectivity index (χ0) is 15.0. The molecule has 0 radical (unpaired) electrons. The van der Waals surface area contributed by atoms with Gasteiger partial charge in [0.15, 0.2) is 0 Å². The Morgan fingerprint density at radius 1 is 1.45 bits per heavy atom. The lowest BCUT2D eigenvalue weighted by Gasteiger charge is -2.14. The van der Waals surface area contributed by atoms with Crippen LogP contribution in [0.25, 0.3) is 0 Å². The van der Waals surface area contributed by atoms with Gasteiger partial charge in [-0.3, -0.25) is 4.79 Å². The van der Waals surface area contributed by atoms with Crippen LogP contribution in [0.2, 0.25) is 0 Å². The van der Waals surface area contributed by atoms with Crippen LogP contribution in [0.3, 0.4) is 0 Å². The maximum absolute atomic E-state index is 11.0. The highest BCUT2D eigenvalue weighted by atomic mass is 79.9. The monoisotopic (exact) mass is 343 g/mol. The van der Waals surface area contributed by atoms with Gasteiger partial charge < -0.3 is 15.2 Å². The van der Waals surface area contributed by atoms with E-state index in [1.807, 2.05) is 18.2 Å². The molecular weight excluding hydrogens is 322 g/mol. The lowest BCUT2D eigenvalue weighted by molar-refractivity contribution is -0.140. The fourth-order valence-electron chi connectivity index (χ4n) is 1.78. The van der Waals surface area contributed by atoms with Gasteiger partial charge in [0, 0.05) is 16.9 Å². The normalized spacial score (nSPS) is 12.0. The second-order valence-corrected chi connectivity index (χ2v) is 5.57. The summed E-state index contributed by atoms with van der Waals surface area (Å²) in [5.74, 6) is 0.625. The van der Waals surface area contributed by atoms with Crippen molar-refractivity contribution < 1.29 is 14.3 Å².